The molecule has 0 saturated carbocycles. The molecule has 6 heteroatoms. The molecular weight excluding hydrogens is 362 g/mol. The first-order chi connectivity index (χ1) is 13.0. The van der Waals surface area contributed by atoms with Gasteiger partial charge in [-0.1, -0.05) is 66.7 Å². The van der Waals surface area contributed by atoms with Gasteiger partial charge in [-0.25, -0.2) is 0 Å². The highest BCUT2D eigenvalue weighted by molar-refractivity contribution is 7.11. The lowest BCUT2D eigenvalue weighted by Crippen LogP contribution is -2.56. The second-order valence-corrected chi connectivity index (χ2v) is 6.40. The Kier molecular flexibility index (Phi) is 10.7. The van der Waals surface area contributed by atoms with Crippen LogP contribution in [0.2, 0.25) is 0 Å². The fourth-order valence-electron chi connectivity index (χ4n) is 2.16. The molecule has 2 atom stereocenters. The van der Waals surface area contributed by atoms with E-state index in [0.29, 0.717) is 0 Å². The van der Waals surface area contributed by atoms with Crippen molar-refractivity contribution in [2.24, 2.45) is 0 Å². The zero-order valence-electron chi connectivity index (χ0n) is 15.2. The van der Waals surface area contributed by atoms with Crippen LogP contribution >= 0.6 is 11.3 Å². The third-order valence-corrected chi connectivity index (χ3v) is 4.32. The summed E-state index contributed by atoms with van der Waals surface area (Å²) in [6, 6.07) is 22.6. The monoisotopic (exact) mass is 387 g/mol. The molecular formula is C21H25NO4S. The normalized spacial score (nSPS) is 11.9. The Balaban J connectivity index is 0.000000277. The average molecular weight is 388 g/mol. The Labute approximate surface area is 163 Å². The third kappa shape index (κ3) is 8.15. The number of aromatic carboxylic acids is 1. The number of hydrogen-bond donors (Lipinski definition) is 3. The summed E-state index contributed by atoms with van der Waals surface area (Å²) < 4.78 is 0. The highest BCUT2D eigenvalue weighted by Gasteiger charge is 2.21. The van der Waals surface area contributed by atoms with Gasteiger partial charge in [0, 0.05) is 17.0 Å². The maximum absolute atomic E-state index is 10.2. The van der Waals surface area contributed by atoms with E-state index in [4.69, 9.17) is 5.11 Å². The van der Waals surface area contributed by atoms with E-state index >= 15 is 0 Å². The van der Waals surface area contributed by atoms with Gasteiger partial charge in [0.25, 0.3) is 0 Å². The molecule has 3 aromatic rings. The van der Waals surface area contributed by atoms with Crippen molar-refractivity contribution in [1.82, 2.24) is 0 Å². The van der Waals surface area contributed by atoms with Crippen molar-refractivity contribution >= 4 is 17.3 Å². The first-order valence-electron chi connectivity index (χ1n) is 8.48. The molecule has 0 radical (unpaired) electrons. The molecule has 1 aromatic heterocycles. The van der Waals surface area contributed by atoms with E-state index in [-0.39, 0.29) is 17.5 Å². The number of benzene rings is 2. The van der Waals surface area contributed by atoms with E-state index < -0.39 is 12.1 Å². The van der Waals surface area contributed by atoms with Gasteiger partial charge in [-0.15, -0.1) is 11.3 Å². The molecule has 0 unspecified atom stereocenters. The van der Waals surface area contributed by atoms with E-state index in [0.717, 1.165) is 11.1 Å². The number of thiophene rings is 1. The summed E-state index contributed by atoms with van der Waals surface area (Å²) in [5.74, 6) is -1.10. The molecule has 0 amide bonds. The molecule has 0 fully saturated rings. The second-order valence-electron chi connectivity index (χ2n) is 5.45. The quantitative estimate of drug-likeness (QED) is 0.634. The number of rotatable bonds is 4. The van der Waals surface area contributed by atoms with Gasteiger partial charge in [0.1, 0.15) is 12.1 Å². The number of hydrogen-bond acceptors (Lipinski definition) is 5. The largest absolute Gasteiger partial charge is 0.544 e. The molecule has 0 bridgehead atoms. The van der Waals surface area contributed by atoms with Crippen molar-refractivity contribution in [3.63, 3.8) is 0 Å². The number of aliphatic hydroxyl groups is 2. The van der Waals surface area contributed by atoms with Crippen LogP contribution in [0.3, 0.4) is 0 Å². The van der Waals surface area contributed by atoms with E-state index in [1.165, 1.54) is 17.4 Å². The lowest BCUT2D eigenvalue weighted by molar-refractivity contribution is -0.446. The summed E-state index contributed by atoms with van der Waals surface area (Å²) in [4.78, 5) is 10.2. The van der Waals surface area contributed by atoms with Crippen LogP contribution in [-0.4, -0.2) is 22.8 Å². The Bertz CT molecular complexity index is 705. The van der Waals surface area contributed by atoms with E-state index in [9.17, 15) is 15.0 Å². The Morgan fingerprint density at radius 1 is 1.00 bits per heavy atom. The number of carboxylic acid groups (broad SMARTS) is 1. The van der Waals surface area contributed by atoms with Crippen LogP contribution < -0.4 is 10.8 Å². The van der Waals surface area contributed by atoms with Crippen molar-refractivity contribution in [1.29, 1.82) is 0 Å². The first-order valence-corrected chi connectivity index (χ1v) is 9.35. The number of carbonyl (C=O) groups excluding carboxylic acids is 1. The standard InChI is InChI=1S/C14H15NO.C5H4O2S.C2H6O/c15-13(11-7-3-1-4-8-11)14(16)12-9-5-2-6-10-12;6-5(7)4-2-1-3-8-4;1-2-3/h1-10,13-14,16H,15H2;1-3H,(H,6,7);3H,2H2,1H3/t13-,14+;;/m0../s1. The van der Waals surface area contributed by atoms with E-state index in [1.807, 2.05) is 60.7 Å². The zero-order valence-corrected chi connectivity index (χ0v) is 16.0. The van der Waals surface area contributed by atoms with Crippen LogP contribution in [0.4, 0.5) is 0 Å². The van der Waals surface area contributed by atoms with Gasteiger partial charge in [-0.05, 0) is 23.9 Å². The van der Waals surface area contributed by atoms with Gasteiger partial charge in [0.05, 0.1) is 5.97 Å². The van der Waals surface area contributed by atoms with Gasteiger partial charge in [0.2, 0.25) is 0 Å². The molecule has 0 aliphatic heterocycles. The predicted octanol–water partition coefficient (Wildman–Crippen LogP) is 1.81. The number of carbonyl (C=O) groups is 1. The van der Waals surface area contributed by atoms with Gasteiger partial charge in [-0.3, -0.25) is 0 Å². The smallest absolute Gasteiger partial charge is 0.140 e. The minimum atomic E-state index is -1.10. The van der Waals surface area contributed by atoms with Gasteiger partial charge >= 0.3 is 0 Å². The predicted molar refractivity (Wildman–Crippen MR) is 105 cm³/mol. The molecule has 0 saturated heterocycles. The average Bonchev–Trinajstić information content (AvgIpc) is 3.25. The number of quaternary nitrogens is 1. The molecule has 0 aliphatic rings. The Morgan fingerprint density at radius 3 is 1.85 bits per heavy atom. The second kappa shape index (κ2) is 12.8. The molecule has 5 nitrogen and oxygen atoms in total. The summed E-state index contributed by atoms with van der Waals surface area (Å²) in [5.41, 5.74) is 6.00. The van der Waals surface area contributed by atoms with Crippen LogP contribution in [0.1, 0.15) is 39.9 Å². The van der Waals surface area contributed by atoms with Crippen molar-refractivity contribution < 1.29 is 25.8 Å². The topological polar surface area (TPSA) is 108 Å². The molecule has 0 spiro atoms. The van der Waals surface area contributed by atoms with Crippen LogP contribution in [0.5, 0.6) is 0 Å². The van der Waals surface area contributed by atoms with Gasteiger partial charge < -0.3 is 25.8 Å². The fraction of sp³-hybridized carbons (Fsp3) is 0.190. The number of carboxylic acids is 1. The molecule has 144 valence electrons. The van der Waals surface area contributed by atoms with Crippen LogP contribution in [0.15, 0.2) is 78.2 Å². The molecule has 3 rings (SSSR count). The van der Waals surface area contributed by atoms with Crippen molar-refractivity contribution in [2.45, 2.75) is 19.1 Å². The van der Waals surface area contributed by atoms with E-state index in [2.05, 4.69) is 5.73 Å². The first kappa shape index (κ1) is 22.5. The lowest BCUT2D eigenvalue weighted by atomic mass is 9.97. The molecule has 0 aliphatic carbocycles. The SMILES string of the molecule is CCO.O=C([O-])c1cccs1.[NH3+][C@@H](c1ccccc1)[C@H](O)c1ccccc1. The third-order valence-electron chi connectivity index (χ3n) is 3.47. The minimum absolute atomic E-state index is 0.136. The van der Waals surface area contributed by atoms with Gasteiger partial charge in [-0.2, -0.15) is 0 Å². The lowest BCUT2D eigenvalue weighted by Gasteiger charge is -2.16. The van der Waals surface area contributed by atoms with Crippen molar-refractivity contribution in [3.8, 4) is 0 Å². The molecule has 1 heterocycles. The maximum Gasteiger partial charge on any atom is 0.140 e. The van der Waals surface area contributed by atoms with Crippen LogP contribution in [-0.2, 0) is 0 Å². The zero-order chi connectivity index (χ0) is 20.1. The van der Waals surface area contributed by atoms with Crippen molar-refractivity contribution in [2.75, 3.05) is 6.61 Å². The summed E-state index contributed by atoms with van der Waals surface area (Å²) in [7, 11) is 0. The highest BCUT2D eigenvalue weighted by Crippen LogP contribution is 2.24. The molecule has 5 N–H and O–H groups in total. The van der Waals surface area contributed by atoms with Crippen molar-refractivity contribution in [3.05, 3.63) is 94.2 Å². The van der Waals surface area contributed by atoms with Crippen LogP contribution in [0.25, 0.3) is 0 Å². The van der Waals surface area contributed by atoms with Crippen LogP contribution in [0, 0.1) is 0 Å². The van der Waals surface area contributed by atoms with E-state index in [1.54, 1.807) is 18.4 Å². The summed E-state index contributed by atoms with van der Waals surface area (Å²) in [5, 5.41) is 29.4. The maximum atomic E-state index is 10.2. The highest BCUT2D eigenvalue weighted by atomic mass is 32.1. The molecule has 2 aromatic carbocycles. The summed E-state index contributed by atoms with van der Waals surface area (Å²) in [6.07, 6.45) is -0.552. The van der Waals surface area contributed by atoms with Gasteiger partial charge in [0.15, 0.2) is 0 Å². The summed E-state index contributed by atoms with van der Waals surface area (Å²) >= 11 is 1.17. The minimum Gasteiger partial charge on any atom is -0.544 e. The Morgan fingerprint density at radius 2 is 1.48 bits per heavy atom. The summed E-state index contributed by atoms with van der Waals surface area (Å²) in [6.45, 7) is 1.93. The fourth-order valence-corrected chi connectivity index (χ4v) is 2.72. The molecule has 27 heavy (non-hydrogen) atoms. The Hall–Kier alpha value is -2.51. The number of aliphatic hydroxyl groups excluding tert-OH is 2.